The standard InChI is InChI=1S/2C18H15P.C4H7.2BrH.Rh/c2*1-4-10-16(11-5-1)19(17-12-6-2-7-13-17)18-14-8-3-9-15-18;1-4(2)3;;;/h2*1-15H;1-2H2,3H3;2*1H;/q;;;;;+2/p-2. The Morgan fingerprint density at radius 3 is 0.622 bits per heavy atom. The van der Waals surface area contributed by atoms with Crippen LogP contribution in [0.2, 0.25) is 0 Å². The number of benzene rings is 6. The van der Waals surface area contributed by atoms with Gasteiger partial charge in [-0.05, 0) is 61.5 Å². The van der Waals surface area contributed by atoms with Gasteiger partial charge in [0.05, 0.1) is 0 Å². The van der Waals surface area contributed by atoms with Crippen LogP contribution in [0, 0.1) is 6.92 Å². The molecule has 0 fully saturated rings. The molecule has 0 bridgehead atoms. The Labute approximate surface area is 293 Å². The van der Waals surface area contributed by atoms with Gasteiger partial charge in [0, 0.05) is 0 Å². The minimum absolute atomic E-state index is 0.446. The van der Waals surface area contributed by atoms with Gasteiger partial charge >= 0.3 is 40.5 Å². The third-order valence-electron chi connectivity index (χ3n) is 6.09. The molecule has 45 heavy (non-hydrogen) atoms. The van der Waals surface area contributed by atoms with E-state index in [-0.39, 0.29) is 0 Å². The summed E-state index contributed by atoms with van der Waals surface area (Å²) in [4.78, 5) is 0. The molecule has 6 rings (SSSR count). The van der Waals surface area contributed by atoms with Gasteiger partial charge in [0.2, 0.25) is 0 Å². The first-order chi connectivity index (χ1) is 22.0. The second-order valence-electron chi connectivity index (χ2n) is 9.69. The Hall–Kier alpha value is -2.50. The van der Waals surface area contributed by atoms with E-state index in [0.717, 1.165) is 5.57 Å². The Kier molecular flexibility index (Phi) is 18.2. The molecular weight excluding hydrogens is 805 g/mol. The van der Waals surface area contributed by atoms with Crippen LogP contribution in [0.4, 0.5) is 0 Å². The van der Waals surface area contributed by atoms with Gasteiger partial charge in [0.15, 0.2) is 0 Å². The molecule has 0 aliphatic carbocycles. The molecule has 0 amide bonds. The molecule has 230 valence electrons. The molecule has 6 aromatic rings. The Balaban J connectivity index is 0.000000204. The van der Waals surface area contributed by atoms with Gasteiger partial charge in [0.25, 0.3) is 0 Å². The summed E-state index contributed by atoms with van der Waals surface area (Å²) in [5, 5.41) is 8.39. The molecule has 6 aromatic carbocycles. The number of hydrogen-bond donors (Lipinski definition) is 0. The van der Waals surface area contributed by atoms with Crippen molar-refractivity contribution in [3.05, 3.63) is 201 Å². The van der Waals surface area contributed by atoms with Crippen LogP contribution in [-0.2, 0) is 13.2 Å². The summed E-state index contributed by atoms with van der Waals surface area (Å²) < 4.78 is 0. The average Bonchev–Trinajstić information content (AvgIpc) is 3.09. The summed E-state index contributed by atoms with van der Waals surface area (Å²) in [6, 6.07) is 64.7. The van der Waals surface area contributed by atoms with Crippen molar-refractivity contribution in [3.63, 3.8) is 0 Å². The van der Waals surface area contributed by atoms with Crippen LogP contribution in [-0.4, -0.2) is 0 Å². The molecule has 1 radical (unpaired) electrons. The predicted octanol–water partition coefficient (Wildman–Crippen LogP) is 9.97. The maximum atomic E-state index is 3.44. The molecule has 0 aromatic heterocycles. The van der Waals surface area contributed by atoms with Gasteiger partial charge in [0.1, 0.15) is 0 Å². The number of hydrogen-bond acceptors (Lipinski definition) is 0. The molecule has 0 heterocycles. The van der Waals surface area contributed by atoms with Gasteiger partial charge in [-0.2, -0.15) is 0 Å². The summed E-state index contributed by atoms with van der Waals surface area (Å²) in [7, 11) is -0.892. The summed E-state index contributed by atoms with van der Waals surface area (Å²) >= 11 is 6.72. The van der Waals surface area contributed by atoms with Crippen molar-refractivity contribution in [3.8, 4) is 0 Å². The van der Waals surface area contributed by atoms with E-state index in [4.69, 9.17) is 0 Å². The van der Waals surface area contributed by atoms with Crippen LogP contribution >= 0.6 is 43.1 Å². The summed E-state index contributed by atoms with van der Waals surface area (Å²) in [6.45, 7) is 8.75. The van der Waals surface area contributed by atoms with Crippen molar-refractivity contribution in [2.24, 2.45) is 0 Å². The van der Waals surface area contributed by atoms with Gasteiger partial charge in [-0.25, -0.2) is 0 Å². The van der Waals surface area contributed by atoms with E-state index in [0.29, 0.717) is 13.2 Å². The summed E-state index contributed by atoms with van der Waals surface area (Å²) in [5.74, 6) is 0. The van der Waals surface area contributed by atoms with Gasteiger partial charge in [-0.1, -0.05) is 188 Å². The third-order valence-corrected chi connectivity index (χ3v) is 11.0. The molecular formula is C40H37Br2P2Rh. The molecule has 0 aliphatic rings. The van der Waals surface area contributed by atoms with Gasteiger partial charge in [-0.15, -0.1) is 6.58 Å². The fraction of sp³-hybridized carbons (Fsp3) is 0.0250. The summed E-state index contributed by atoms with van der Waals surface area (Å²) in [6.07, 6.45) is 0. The fourth-order valence-electron chi connectivity index (χ4n) is 4.36. The topological polar surface area (TPSA) is 0 Å². The van der Waals surface area contributed by atoms with E-state index in [2.05, 4.69) is 223 Å². The van der Waals surface area contributed by atoms with Crippen molar-refractivity contribution in [1.82, 2.24) is 0 Å². The maximum absolute atomic E-state index is 3.44. The first kappa shape index (κ1) is 37.0. The molecule has 5 heteroatoms. The first-order valence-corrected chi connectivity index (χ1v) is 24.4. The van der Waals surface area contributed by atoms with Crippen LogP contribution < -0.4 is 31.8 Å². The van der Waals surface area contributed by atoms with Crippen molar-refractivity contribution >= 4 is 74.9 Å². The number of rotatable bonds is 6. The van der Waals surface area contributed by atoms with E-state index in [9.17, 15) is 0 Å². The second kappa shape index (κ2) is 22.1. The average molecular weight is 842 g/mol. The third kappa shape index (κ3) is 13.4. The summed E-state index contributed by atoms with van der Waals surface area (Å²) in [5.41, 5.74) is 0.917. The zero-order valence-corrected chi connectivity index (χ0v) is 31.8. The first-order valence-electron chi connectivity index (χ1n) is 14.3. The largest absolute Gasteiger partial charge is 0.100 e. The van der Waals surface area contributed by atoms with Crippen molar-refractivity contribution in [1.29, 1.82) is 0 Å². The van der Waals surface area contributed by atoms with Crippen LogP contribution in [0.5, 0.6) is 0 Å². The second-order valence-corrected chi connectivity index (χ2v) is 21.7. The molecule has 0 saturated heterocycles. The normalized spacial score (nSPS) is 10.0. The maximum Gasteiger partial charge on any atom is -0.0134 e. The van der Waals surface area contributed by atoms with Crippen molar-refractivity contribution in [2.75, 3.05) is 0 Å². The van der Waals surface area contributed by atoms with Crippen LogP contribution in [0.3, 0.4) is 0 Å². The molecule has 0 N–H and O–H groups in total. The van der Waals surface area contributed by atoms with Crippen molar-refractivity contribution in [2.45, 2.75) is 6.92 Å². The Morgan fingerprint density at radius 2 is 0.511 bits per heavy atom. The van der Waals surface area contributed by atoms with Crippen molar-refractivity contribution < 1.29 is 13.2 Å². The predicted molar refractivity (Wildman–Crippen MR) is 208 cm³/mol. The van der Waals surface area contributed by atoms with E-state index >= 15 is 0 Å². The SMILES string of the molecule is [Br][Rh][Br].[CH2]C(=C)C.c1ccc(P(c2ccccc2)c2ccccc2)cc1.c1ccc(P(c2ccccc2)c2ccccc2)cc1. The number of allylic oxidation sites excluding steroid dienone is 1. The minimum Gasteiger partial charge on any atom is -0.100 e. The Bertz CT molecular complexity index is 1290. The molecule has 0 saturated carbocycles. The minimum atomic E-state index is -0.446. The molecule has 0 atom stereocenters. The van der Waals surface area contributed by atoms with Crippen LogP contribution in [0.25, 0.3) is 0 Å². The van der Waals surface area contributed by atoms with Gasteiger partial charge in [-0.3, -0.25) is 0 Å². The monoisotopic (exact) mass is 840 g/mol. The van der Waals surface area contributed by atoms with E-state index < -0.39 is 15.8 Å². The zero-order valence-electron chi connectivity index (χ0n) is 25.2. The Morgan fingerprint density at radius 1 is 0.400 bits per heavy atom. The quantitative estimate of drug-likeness (QED) is 0.116. The van der Waals surface area contributed by atoms with Crippen LogP contribution in [0.15, 0.2) is 194 Å². The molecule has 0 spiro atoms. The van der Waals surface area contributed by atoms with E-state index in [1.54, 1.807) is 0 Å². The van der Waals surface area contributed by atoms with Gasteiger partial charge < -0.3 is 0 Å². The fourth-order valence-corrected chi connectivity index (χ4v) is 8.97. The van der Waals surface area contributed by atoms with E-state index in [1.165, 1.54) is 31.8 Å². The molecule has 0 nitrogen and oxygen atoms in total. The smallest absolute Gasteiger partial charge is 0.0134 e. The molecule has 0 unspecified atom stereocenters. The van der Waals surface area contributed by atoms with Crippen LogP contribution in [0.1, 0.15) is 6.92 Å². The number of halogens is 2. The van der Waals surface area contributed by atoms with E-state index in [1.807, 2.05) is 6.92 Å². The zero-order chi connectivity index (χ0) is 32.1. The molecule has 0 aliphatic heterocycles.